The van der Waals surface area contributed by atoms with Crippen LogP contribution in [0, 0.1) is 5.82 Å². The maximum atomic E-state index is 13.0. The van der Waals surface area contributed by atoms with E-state index in [1.54, 1.807) is 17.0 Å². The van der Waals surface area contributed by atoms with Gasteiger partial charge < -0.3 is 14.7 Å². The van der Waals surface area contributed by atoms with Crippen LogP contribution in [0.25, 0.3) is 0 Å². The van der Waals surface area contributed by atoms with Crippen LogP contribution in [0.15, 0.2) is 24.3 Å². The zero-order valence-corrected chi connectivity index (χ0v) is 12.1. The fourth-order valence-corrected chi connectivity index (χ4v) is 2.79. The smallest absolute Gasteiger partial charge is 0.226 e. The van der Waals surface area contributed by atoms with Gasteiger partial charge in [0.05, 0.1) is 19.6 Å². The van der Waals surface area contributed by atoms with Gasteiger partial charge in [-0.1, -0.05) is 18.9 Å². The summed E-state index contributed by atoms with van der Waals surface area (Å²) in [5.74, 6) is 0.0661. The monoisotopic (exact) mass is 295 g/mol. The number of carbonyl (C=O) groups is 1. The molecule has 1 fully saturated rings. The van der Waals surface area contributed by atoms with Gasteiger partial charge in [-0.15, -0.1) is 0 Å². The number of aliphatic hydroxyl groups is 1. The van der Waals surface area contributed by atoms with Crippen molar-refractivity contribution in [2.75, 3.05) is 19.8 Å². The minimum absolute atomic E-state index is 0.00708. The molecule has 21 heavy (non-hydrogen) atoms. The number of ether oxygens (including phenoxy) is 1. The lowest BCUT2D eigenvalue weighted by atomic mass is 10.2. The van der Waals surface area contributed by atoms with Crippen LogP contribution in [-0.4, -0.2) is 41.7 Å². The fraction of sp³-hybridized carbons (Fsp3) is 0.562. The summed E-state index contributed by atoms with van der Waals surface area (Å²) in [5.41, 5.74) is 0. The van der Waals surface area contributed by atoms with Gasteiger partial charge in [0.25, 0.3) is 0 Å². The van der Waals surface area contributed by atoms with E-state index < -0.39 is 0 Å². The number of nitrogens with zero attached hydrogens (tertiary/aromatic N) is 1. The first-order valence-electron chi connectivity index (χ1n) is 7.49. The van der Waals surface area contributed by atoms with E-state index in [9.17, 15) is 9.18 Å². The van der Waals surface area contributed by atoms with E-state index in [1.807, 2.05) is 0 Å². The number of hydrogen-bond acceptors (Lipinski definition) is 3. The summed E-state index contributed by atoms with van der Waals surface area (Å²) in [6.45, 7) is 0.577. The molecule has 0 unspecified atom stereocenters. The average Bonchev–Trinajstić information content (AvgIpc) is 2.98. The van der Waals surface area contributed by atoms with Crippen LogP contribution in [0.4, 0.5) is 4.39 Å². The van der Waals surface area contributed by atoms with Crippen LogP contribution in [-0.2, 0) is 4.79 Å². The Morgan fingerprint density at radius 3 is 2.81 bits per heavy atom. The lowest BCUT2D eigenvalue weighted by Crippen LogP contribution is -2.41. The largest absolute Gasteiger partial charge is 0.493 e. The molecule has 1 aromatic carbocycles. The average molecular weight is 295 g/mol. The van der Waals surface area contributed by atoms with Crippen molar-refractivity contribution in [2.24, 2.45) is 0 Å². The number of benzene rings is 1. The normalized spacial score (nSPS) is 15.1. The molecule has 0 saturated heterocycles. The molecule has 0 bridgehead atoms. The minimum atomic E-state index is -0.355. The van der Waals surface area contributed by atoms with Gasteiger partial charge in [-0.25, -0.2) is 4.39 Å². The predicted octanol–water partition coefficient (Wildman–Crippen LogP) is 2.36. The van der Waals surface area contributed by atoms with Gasteiger partial charge >= 0.3 is 0 Å². The molecule has 1 aliphatic rings. The lowest BCUT2D eigenvalue weighted by Gasteiger charge is -2.28. The van der Waals surface area contributed by atoms with Crippen molar-refractivity contribution in [3.05, 3.63) is 30.1 Å². The van der Waals surface area contributed by atoms with Gasteiger partial charge in [0.15, 0.2) is 0 Å². The highest BCUT2D eigenvalue weighted by Crippen LogP contribution is 2.24. The summed E-state index contributed by atoms with van der Waals surface area (Å²) >= 11 is 0. The summed E-state index contributed by atoms with van der Waals surface area (Å²) in [7, 11) is 0. The molecule has 1 saturated carbocycles. The summed E-state index contributed by atoms with van der Waals surface area (Å²) in [5, 5.41) is 9.11. The van der Waals surface area contributed by atoms with Gasteiger partial charge in [-0.2, -0.15) is 0 Å². The Hall–Kier alpha value is -1.62. The third-order valence-corrected chi connectivity index (χ3v) is 3.81. The van der Waals surface area contributed by atoms with E-state index >= 15 is 0 Å². The van der Waals surface area contributed by atoms with Crippen molar-refractivity contribution < 1.29 is 19.0 Å². The maximum Gasteiger partial charge on any atom is 0.226 e. The van der Waals surface area contributed by atoms with Crippen LogP contribution in [0.5, 0.6) is 5.75 Å². The summed E-state index contributed by atoms with van der Waals surface area (Å²) in [4.78, 5) is 14.0. The molecular weight excluding hydrogens is 273 g/mol. The Bertz CT molecular complexity index is 461. The first kappa shape index (κ1) is 15.8. The van der Waals surface area contributed by atoms with Crippen LogP contribution >= 0.6 is 0 Å². The van der Waals surface area contributed by atoms with E-state index in [4.69, 9.17) is 9.84 Å². The van der Waals surface area contributed by atoms with Gasteiger partial charge in [-0.05, 0) is 25.0 Å². The molecule has 1 aromatic rings. The second-order valence-corrected chi connectivity index (χ2v) is 5.30. The SMILES string of the molecule is O=C(CCOc1cccc(F)c1)N(CCO)C1CCCC1. The van der Waals surface area contributed by atoms with Crippen molar-refractivity contribution in [2.45, 2.75) is 38.1 Å². The predicted molar refractivity (Wildman–Crippen MR) is 77.6 cm³/mol. The molecule has 2 rings (SSSR count). The van der Waals surface area contributed by atoms with Gasteiger partial charge in [-0.3, -0.25) is 4.79 Å². The quantitative estimate of drug-likeness (QED) is 0.840. The molecule has 116 valence electrons. The minimum Gasteiger partial charge on any atom is -0.493 e. The fourth-order valence-electron chi connectivity index (χ4n) is 2.79. The van der Waals surface area contributed by atoms with Gasteiger partial charge in [0, 0.05) is 18.7 Å². The molecule has 5 heteroatoms. The Morgan fingerprint density at radius 2 is 2.14 bits per heavy atom. The second-order valence-electron chi connectivity index (χ2n) is 5.30. The number of carbonyl (C=O) groups excluding carboxylic acids is 1. The molecule has 0 spiro atoms. The first-order valence-corrected chi connectivity index (χ1v) is 7.49. The molecule has 1 N–H and O–H groups in total. The molecule has 0 heterocycles. The molecule has 1 aliphatic carbocycles. The molecule has 0 atom stereocenters. The highest BCUT2D eigenvalue weighted by atomic mass is 19.1. The highest BCUT2D eigenvalue weighted by Gasteiger charge is 2.25. The molecule has 4 nitrogen and oxygen atoms in total. The zero-order chi connectivity index (χ0) is 15.1. The van der Waals surface area contributed by atoms with Gasteiger partial charge in [0.1, 0.15) is 11.6 Å². The maximum absolute atomic E-state index is 13.0. The number of hydrogen-bond donors (Lipinski definition) is 1. The third kappa shape index (κ3) is 4.70. The van der Waals surface area contributed by atoms with Crippen LogP contribution in [0.3, 0.4) is 0 Å². The lowest BCUT2D eigenvalue weighted by molar-refractivity contribution is -0.134. The highest BCUT2D eigenvalue weighted by molar-refractivity contribution is 5.76. The van der Waals surface area contributed by atoms with E-state index in [0.29, 0.717) is 12.3 Å². The number of halogens is 1. The van der Waals surface area contributed by atoms with Crippen molar-refractivity contribution in [1.29, 1.82) is 0 Å². The zero-order valence-electron chi connectivity index (χ0n) is 12.1. The van der Waals surface area contributed by atoms with Crippen LogP contribution < -0.4 is 4.74 Å². The molecule has 0 radical (unpaired) electrons. The number of amides is 1. The topological polar surface area (TPSA) is 49.8 Å². The van der Waals surface area contributed by atoms with E-state index in [-0.39, 0.29) is 37.4 Å². The van der Waals surface area contributed by atoms with Crippen molar-refractivity contribution >= 4 is 5.91 Å². The molecular formula is C16H22FNO3. The van der Waals surface area contributed by atoms with Gasteiger partial charge in [0.2, 0.25) is 5.91 Å². The third-order valence-electron chi connectivity index (χ3n) is 3.81. The molecule has 1 amide bonds. The standard InChI is InChI=1S/C16H22FNO3/c17-13-4-3-7-15(12-13)21-11-8-16(20)18(9-10-19)14-5-1-2-6-14/h3-4,7,12,14,19H,1-2,5-6,8-11H2. The molecule has 0 aliphatic heterocycles. The van der Waals surface area contributed by atoms with E-state index in [0.717, 1.165) is 25.7 Å². The first-order chi connectivity index (χ1) is 10.2. The Morgan fingerprint density at radius 1 is 1.38 bits per heavy atom. The molecule has 0 aromatic heterocycles. The Balaban J connectivity index is 1.81. The van der Waals surface area contributed by atoms with Crippen LogP contribution in [0.2, 0.25) is 0 Å². The Kier molecular flexibility index (Phi) is 5.99. The van der Waals surface area contributed by atoms with Crippen molar-refractivity contribution in [3.8, 4) is 5.75 Å². The van der Waals surface area contributed by atoms with Crippen LogP contribution in [0.1, 0.15) is 32.1 Å². The number of rotatable bonds is 7. The van der Waals surface area contributed by atoms with Crippen molar-refractivity contribution in [1.82, 2.24) is 4.90 Å². The summed E-state index contributed by atoms with van der Waals surface area (Å²) < 4.78 is 18.4. The summed E-state index contributed by atoms with van der Waals surface area (Å²) in [6.07, 6.45) is 4.54. The van der Waals surface area contributed by atoms with E-state index in [2.05, 4.69) is 0 Å². The van der Waals surface area contributed by atoms with E-state index in [1.165, 1.54) is 12.1 Å². The number of aliphatic hydroxyl groups excluding tert-OH is 1. The van der Waals surface area contributed by atoms with Crippen molar-refractivity contribution in [3.63, 3.8) is 0 Å². The second kappa shape index (κ2) is 7.98. The Labute approximate surface area is 124 Å². The summed E-state index contributed by atoms with van der Waals surface area (Å²) in [6, 6.07) is 6.13.